The Balaban J connectivity index is 1.84. The van der Waals surface area contributed by atoms with Crippen LogP contribution in [0.25, 0.3) is 39.1 Å². The van der Waals surface area contributed by atoms with Crippen LogP contribution in [-0.4, -0.2) is 14.0 Å². The van der Waals surface area contributed by atoms with E-state index in [2.05, 4.69) is 99.0 Å². The van der Waals surface area contributed by atoms with E-state index in [9.17, 15) is 0 Å². The van der Waals surface area contributed by atoms with Gasteiger partial charge in [0.15, 0.2) is 0 Å². The van der Waals surface area contributed by atoms with Gasteiger partial charge in [0, 0.05) is 11.6 Å². The van der Waals surface area contributed by atoms with Crippen molar-refractivity contribution in [2.75, 3.05) is 0 Å². The van der Waals surface area contributed by atoms with Gasteiger partial charge >= 0.3 is 0 Å². The molecule has 5 aromatic rings. The van der Waals surface area contributed by atoms with Gasteiger partial charge in [-0.3, -0.25) is 8.97 Å². The number of hydrogen-bond acceptors (Lipinski definition) is 1. The molecule has 3 aromatic carbocycles. The topological polar surface area (TPSA) is 22.2 Å². The van der Waals surface area contributed by atoms with E-state index < -0.39 is 0 Å². The lowest BCUT2D eigenvalue weighted by Crippen LogP contribution is -2.04. The van der Waals surface area contributed by atoms with Gasteiger partial charge in [-0.05, 0) is 85.7 Å². The van der Waals surface area contributed by atoms with Crippen molar-refractivity contribution in [3.63, 3.8) is 0 Å². The molecule has 0 N–H and O–H groups in total. The van der Waals surface area contributed by atoms with Gasteiger partial charge in [0.05, 0.1) is 22.1 Å². The highest BCUT2D eigenvalue weighted by Gasteiger charge is 2.31. The standard InChI is InChI=1S/C28H27N3/c1-15-13-17(3)25-24(14-15)30-23-12-11-16(2)18(4)27(23)31(28(30)29-25)26-19(5)21-9-7-8-10-22(21)20(26)6/h7-14,19H,1-6H3. The Morgan fingerprint density at radius 2 is 1.61 bits per heavy atom. The summed E-state index contributed by atoms with van der Waals surface area (Å²) in [4.78, 5) is 5.23. The van der Waals surface area contributed by atoms with Gasteiger partial charge in [0.1, 0.15) is 0 Å². The van der Waals surface area contributed by atoms with E-state index in [1.54, 1.807) is 0 Å². The SMILES string of the molecule is CC1=C(n2c3c(C)c(C)ccc3n3c4cc(C)cc(C)c4nc23)C(C)c2ccccc21. The molecule has 0 aliphatic heterocycles. The zero-order valence-electron chi connectivity index (χ0n) is 19.0. The Labute approximate surface area is 182 Å². The van der Waals surface area contributed by atoms with Gasteiger partial charge < -0.3 is 0 Å². The molecule has 0 saturated carbocycles. The van der Waals surface area contributed by atoms with Crippen LogP contribution in [0.2, 0.25) is 0 Å². The molecule has 0 amide bonds. The summed E-state index contributed by atoms with van der Waals surface area (Å²) >= 11 is 0. The van der Waals surface area contributed by atoms with E-state index in [-0.39, 0.29) is 0 Å². The highest BCUT2D eigenvalue weighted by molar-refractivity contribution is 6.01. The molecule has 1 aliphatic rings. The van der Waals surface area contributed by atoms with Crippen molar-refractivity contribution >= 4 is 39.1 Å². The number of fused-ring (bicyclic) bond motifs is 6. The van der Waals surface area contributed by atoms with Crippen LogP contribution in [0.5, 0.6) is 0 Å². The van der Waals surface area contributed by atoms with Crippen molar-refractivity contribution < 1.29 is 0 Å². The molecule has 0 radical (unpaired) electrons. The second-order valence-corrected chi connectivity index (χ2v) is 9.23. The maximum atomic E-state index is 5.23. The van der Waals surface area contributed by atoms with E-state index in [1.165, 1.54) is 61.2 Å². The molecule has 0 fully saturated rings. The molecule has 0 spiro atoms. The number of hydrogen-bond donors (Lipinski definition) is 0. The molecule has 2 aromatic heterocycles. The number of nitrogens with zero attached hydrogens (tertiary/aromatic N) is 3. The number of aryl methyl sites for hydroxylation is 4. The normalized spacial score (nSPS) is 16.3. The van der Waals surface area contributed by atoms with Crippen LogP contribution in [0.1, 0.15) is 53.1 Å². The van der Waals surface area contributed by atoms with E-state index in [0.29, 0.717) is 5.92 Å². The van der Waals surface area contributed by atoms with Gasteiger partial charge in [-0.25, -0.2) is 4.98 Å². The van der Waals surface area contributed by atoms with Crippen molar-refractivity contribution in [2.24, 2.45) is 0 Å². The second kappa shape index (κ2) is 6.10. The predicted molar refractivity (Wildman–Crippen MR) is 131 cm³/mol. The van der Waals surface area contributed by atoms with Crippen LogP contribution < -0.4 is 0 Å². The van der Waals surface area contributed by atoms with Gasteiger partial charge in [0.25, 0.3) is 0 Å². The number of aromatic nitrogens is 3. The molecule has 0 saturated heterocycles. The van der Waals surface area contributed by atoms with Crippen molar-refractivity contribution in [3.8, 4) is 0 Å². The third-order valence-corrected chi connectivity index (χ3v) is 7.29. The van der Waals surface area contributed by atoms with Crippen LogP contribution in [0, 0.1) is 27.7 Å². The molecule has 31 heavy (non-hydrogen) atoms. The predicted octanol–water partition coefficient (Wildman–Crippen LogP) is 7.18. The van der Waals surface area contributed by atoms with E-state index in [1.807, 2.05) is 0 Å². The first kappa shape index (κ1) is 18.4. The summed E-state index contributed by atoms with van der Waals surface area (Å²) in [5, 5.41) is 0. The quantitative estimate of drug-likeness (QED) is 0.289. The van der Waals surface area contributed by atoms with Crippen LogP contribution in [0.4, 0.5) is 0 Å². The molecule has 6 rings (SSSR count). The number of rotatable bonds is 1. The number of allylic oxidation sites excluding steroid dienone is 2. The molecule has 0 bridgehead atoms. The zero-order chi connectivity index (χ0) is 21.6. The van der Waals surface area contributed by atoms with Gasteiger partial charge in [-0.1, -0.05) is 43.3 Å². The van der Waals surface area contributed by atoms with E-state index in [4.69, 9.17) is 4.98 Å². The summed E-state index contributed by atoms with van der Waals surface area (Å²) in [5.41, 5.74) is 15.4. The Hall–Kier alpha value is -3.33. The van der Waals surface area contributed by atoms with Gasteiger partial charge in [-0.15, -0.1) is 0 Å². The monoisotopic (exact) mass is 405 g/mol. The van der Waals surface area contributed by atoms with Crippen molar-refractivity contribution in [1.29, 1.82) is 0 Å². The average molecular weight is 406 g/mol. The minimum Gasteiger partial charge on any atom is -0.281 e. The fourth-order valence-electron chi connectivity index (χ4n) is 5.66. The maximum Gasteiger partial charge on any atom is 0.220 e. The Kier molecular flexibility index (Phi) is 3.63. The van der Waals surface area contributed by atoms with Gasteiger partial charge in [0.2, 0.25) is 5.78 Å². The zero-order valence-corrected chi connectivity index (χ0v) is 19.0. The highest BCUT2D eigenvalue weighted by atomic mass is 15.2. The fourth-order valence-corrected chi connectivity index (χ4v) is 5.66. The highest BCUT2D eigenvalue weighted by Crippen LogP contribution is 2.46. The molecular formula is C28H27N3. The largest absolute Gasteiger partial charge is 0.281 e. The van der Waals surface area contributed by atoms with Gasteiger partial charge in [-0.2, -0.15) is 0 Å². The summed E-state index contributed by atoms with van der Waals surface area (Å²) in [5.74, 6) is 1.33. The molecule has 154 valence electrons. The Morgan fingerprint density at radius 1 is 0.839 bits per heavy atom. The lowest BCUT2D eigenvalue weighted by atomic mass is 10.0. The number of imidazole rings is 2. The number of benzene rings is 3. The van der Waals surface area contributed by atoms with Crippen molar-refractivity contribution in [2.45, 2.75) is 47.5 Å². The van der Waals surface area contributed by atoms with Crippen molar-refractivity contribution in [1.82, 2.24) is 14.0 Å². The van der Waals surface area contributed by atoms with Crippen LogP contribution >= 0.6 is 0 Å². The van der Waals surface area contributed by atoms with Crippen LogP contribution in [0.15, 0.2) is 48.5 Å². The summed E-state index contributed by atoms with van der Waals surface area (Å²) < 4.78 is 4.82. The van der Waals surface area contributed by atoms with Crippen LogP contribution in [0.3, 0.4) is 0 Å². The Bertz CT molecular complexity index is 1590. The molecule has 1 unspecified atom stereocenters. The maximum absolute atomic E-state index is 5.23. The minimum atomic E-state index is 0.318. The van der Waals surface area contributed by atoms with Crippen molar-refractivity contribution in [3.05, 3.63) is 81.9 Å². The van der Waals surface area contributed by atoms with Crippen LogP contribution in [-0.2, 0) is 0 Å². The average Bonchev–Trinajstić information content (AvgIpc) is 3.34. The first-order chi connectivity index (χ1) is 14.9. The van der Waals surface area contributed by atoms with E-state index in [0.717, 1.165) is 11.3 Å². The lowest BCUT2D eigenvalue weighted by molar-refractivity contribution is 0.931. The molecule has 2 heterocycles. The Morgan fingerprint density at radius 3 is 2.39 bits per heavy atom. The summed E-state index contributed by atoms with van der Waals surface area (Å²) in [6.45, 7) is 13.4. The second-order valence-electron chi connectivity index (χ2n) is 9.23. The summed E-state index contributed by atoms with van der Waals surface area (Å²) in [7, 11) is 0. The molecular weight excluding hydrogens is 378 g/mol. The summed E-state index contributed by atoms with van der Waals surface area (Å²) in [6, 6.07) is 17.8. The molecule has 3 nitrogen and oxygen atoms in total. The fraction of sp³-hybridized carbons (Fsp3) is 0.250. The summed E-state index contributed by atoms with van der Waals surface area (Å²) in [6.07, 6.45) is 0. The lowest BCUT2D eigenvalue weighted by Gasteiger charge is -2.16. The molecule has 1 atom stereocenters. The third-order valence-electron chi connectivity index (χ3n) is 7.29. The first-order valence-electron chi connectivity index (χ1n) is 11.1. The first-order valence-corrected chi connectivity index (χ1v) is 11.1. The molecule has 1 aliphatic carbocycles. The third kappa shape index (κ3) is 2.26. The molecule has 3 heteroatoms. The van der Waals surface area contributed by atoms with E-state index >= 15 is 0 Å². The minimum absolute atomic E-state index is 0.318. The smallest absolute Gasteiger partial charge is 0.220 e.